The summed E-state index contributed by atoms with van der Waals surface area (Å²) in [5.74, 6) is 1.45. The van der Waals surface area contributed by atoms with E-state index in [9.17, 15) is 9.18 Å². The highest BCUT2D eigenvalue weighted by Gasteiger charge is 2.29. The lowest BCUT2D eigenvalue weighted by molar-refractivity contribution is -0.917. The summed E-state index contributed by atoms with van der Waals surface area (Å²) in [5.41, 5.74) is 2.35. The van der Waals surface area contributed by atoms with E-state index in [1.165, 1.54) is 17.0 Å². The van der Waals surface area contributed by atoms with Gasteiger partial charge in [0.05, 0.1) is 46.0 Å². The summed E-state index contributed by atoms with van der Waals surface area (Å²) in [5, 5.41) is 0.889. The number of rotatable bonds is 5. The maximum absolute atomic E-state index is 13.6. The minimum atomic E-state index is -0.268. The molecule has 2 aromatic carbocycles. The first kappa shape index (κ1) is 20.2. The van der Waals surface area contributed by atoms with E-state index in [1.54, 1.807) is 20.3 Å². The van der Waals surface area contributed by atoms with Gasteiger partial charge in [-0.3, -0.25) is 4.79 Å². The Morgan fingerprint density at radius 1 is 1.13 bits per heavy atom. The second kappa shape index (κ2) is 8.36. The van der Waals surface area contributed by atoms with Crippen molar-refractivity contribution in [1.82, 2.24) is 4.90 Å². The Labute approximate surface area is 174 Å². The summed E-state index contributed by atoms with van der Waals surface area (Å²) in [7, 11) is 3.21. The van der Waals surface area contributed by atoms with Gasteiger partial charge in [-0.05, 0) is 43.3 Å². The number of hydrogen-bond acceptors (Lipinski definition) is 4. The number of aryl methyl sites for hydroxylation is 1. The highest BCUT2D eigenvalue weighted by molar-refractivity contribution is 5.99. The average Bonchev–Trinajstić information content (AvgIpc) is 3.10. The molecular weight excluding hydrogens is 387 g/mol. The predicted molar refractivity (Wildman–Crippen MR) is 111 cm³/mol. The molecule has 30 heavy (non-hydrogen) atoms. The van der Waals surface area contributed by atoms with Crippen LogP contribution in [0, 0.1) is 12.7 Å². The Morgan fingerprint density at radius 3 is 2.60 bits per heavy atom. The number of ether oxygens (including phenoxy) is 2. The number of furan rings is 1. The standard InChI is InChI=1S/C23H25FN2O4/c1-15-19-13-18(28-2)5-7-21(19)30-22(15)23(27)26-10-8-25(9-11-26)14-16-12-17(24)4-6-20(16)29-3/h4-7,12-13H,8-11,14H2,1-3H3/p+1. The minimum Gasteiger partial charge on any atom is -0.497 e. The first-order chi connectivity index (χ1) is 14.5. The fraction of sp³-hybridized carbons (Fsp3) is 0.348. The molecule has 0 unspecified atom stereocenters. The molecule has 2 heterocycles. The highest BCUT2D eigenvalue weighted by Crippen LogP contribution is 2.29. The molecule has 1 saturated heterocycles. The number of carbonyl (C=O) groups is 1. The van der Waals surface area contributed by atoms with Gasteiger partial charge in [0.15, 0.2) is 5.76 Å². The number of nitrogens with zero attached hydrogens (tertiary/aromatic N) is 1. The molecule has 0 aliphatic carbocycles. The third-order valence-corrected chi connectivity index (χ3v) is 5.78. The fourth-order valence-electron chi connectivity index (χ4n) is 4.03. The van der Waals surface area contributed by atoms with Crippen LogP contribution in [-0.4, -0.2) is 51.2 Å². The molecule has 6 nitrogen and oxygen atoms in total. The van der Waals surface area contributed by atoms with Crippen molar-refractivity contribution in [1.29, 1.82) is 0 Å². The zero-order valence-electron chi connectivity index (χ0n) is 17.5. The fourth-order valence-corrected chi connectivity index (χ4v) is 4.03. The molecule has 1 aliphatic heterocycles. The summed E-state index contributed by atoms with van der Waals surface area (Å²) in [6.45, 7) is 5.34. The second-order valence-electron chi connectivity index (χ2n) is 7.59. The molecule has 0 atom stereocenters. The number of hydrogen-bond donors (Lipinski definition) is 1. The van der Waals surface area contributed by atoms with E-state index >= 15 is 0 Å². The molecule has 0 radical (unpaired) electrons. The molecule has 0 bridgehead atoms. The van der Waals surface area contributed by atoms with Crippen molar-refractivity contribution in [3.63, 3.8) is 0 Å². The Morgan fingerprint density at radius 2 is 1.90 bits per heavy atom. The summed E-state index contributed by atoms with van der Waals surface area (Å²) < 4.78 is 30.1. The van der Waals surface area contributed by atoms with Crippen LogP contribution in [0.3, 0.4) is 0 Å². The van der Waals surface area contributed by atoms with Crippen LogP contribution in [0.1, 0.15) is 21.7 Å². The quantitative estimate of drug-likeness (QED) is 0.698. The van der Waals surface area contributed by atoms with E-state index in [2.05, 4.69) is 0 Å². The number of methoxy groups -OCH3 is 2. The van der Waals surface area contributed by atoms with Gasteiger partial charge in [0, 0.05) is 10.9 Å². The van der Waals surface area contributed by atoms with Crippen LogP contribution in [0.25, 0.3) is 11.0 Å². The molecule has 4 rings (SSSR count). The number of nitrogens with one attached hydrogen (secondary N) is 1. The molecule has 0 saturated carbocycles. The van der Waals surface area contributed by atoms with Gasteiger partial charge >= 0.3 is 0 Å². The zero-order valence-corrected chi connectivity index (χ0v) is 17.5. The molecule has 3 aromatic rings. The molecule has 158 valence electrons. The van der Waals surface area contributed by atoms with Crippen molar-refractivity contribution in [2.24, 2.45) is 0 Å². The van der Waals surface area contributed by atoms with Crippen molar-refractivity contribution in [2.45, 2.75) is 13.5 Å². The van der Waals surface area contributed by atoms with Crippen molar-refractivity contribution in [3.8, 4) is 11.5 Å². The first-order valence-electron chi connectivity index (χ1n) is 10.0. The number of halogens is 1. The molecule has 1 aromatic heterocycles. The number of carbonyl (C=O) groups excluding carboxylic acids is 1. The summed E-state index contributed by atoms with van der Waals surface area (Å²) >= 11 is 0. The SMILES string of the molecule is COc1ccc2oc(C(=O)N3CC[NH+](Cc4cc(F)ccc4OC)CC3)c(C)c2c1. The maximum atomic E-state index is 13.6. The Kier molecular flexibility index (Phi) is 5.63. The number of piperazine rings is 1. The molecular formula is C23H26FN2O4+. The van der Waals surface area contributed by atoms with Gasteiger partial charge in [-0.25, -0.2) is 4.39 Å². The molecule has 7 heteroatoms. The average molecular weight is 413 g/mol. The predicted octanol–water partition coefficient (Wildman–Crippen LogP) is 2.44. The van der Waals surface area contributed by atoms with E-state index in [-0.39, 0.29) is 11.7 Å². The van der Waals surface area contributed by atoms with Crippen molar-refractivity contribution >= 4 is 16.9 Å². The molecule has 1 aliphatic rings. The second-order valence-corrected chi connectivity index (χ2v) is 7.59. The lowest BCUT2D eigenvalue weighted by atomic mass is 10.1. The van der Waals surface area contributed by atoms with Crippen molar-refractivity contribution in [2.75, 3.05) is 40.4 Å². The van der Waals surface area contributed by atoms with E-state index in [1.807, 2.05) is 30.0 Å². The summed E-state index contributed by atoms with van der Waals surface area (Å²) in [6.07, 6.45) is 0. The van der Waals surface area contributed by atoms with Gasteiger partial charge in [0.1, 0.15) is 29.4 Å². The zero-order chi connectivity index (χ0) is 21.3. The van der Waals surface area contributed by atoms with Crippen LogP contribution in [0.15, 0.2) is 40.8 Å². The number of benzene rings is 2. The molecule has 1 fully saturated rings. The molecule has 0 spiro atoms. The van der Waals surface area contributed by atoms with Gasteiger partial charge < -0.3 is 23.7 Å². The maximum Gasteiger partial charge on any atom is 0.290 e. The van der Waals surface area contributed by atoms with Crippen molar-refractivity contribution < 1.29 is 28.0 Å². The van der Waals surface area contributed by atoms with Gasteiger partial charge in [0.2, 0.25) is 0 Å². The largest absolute Gasteiger partial charge is 0.497 e. The van der Waals surface area contributed by atoms with E-state index in [4.69, 9.17) is 13.9 Å². The minimum absolute atomic E-state index is 0.0925. The normalized spacial score (nSPS) is 14.9. The lowest BCUT2D eigenvalue weighted by Crippen LogP contribution is -3.13. The topological polar surface area (TPSA) is 56.3 Å². The Hall–Kier alpha value is -3.06. The number of quaternary nitrogens is 1. The van der Waals surface area contributed by atoms with Crippen LogP contribution in [0.5, 0.6) is 11.5 Å². The van der Waals surface area contributed by atoms with Gasteiger partial charge in [-0.15, -0.1) is 0 Å². The third-order valence-electron chi connectivity index (χ3n) is 5.78. The van der Waals surface area contributed by atoms with Crippen molar-refractivity contribution in [3.05, 3.63) is 59.1 Å². The lowest BCUT2D eigenvalue weighted by Gasteiger charge is -2.32. The van der Waals surface area contributed by atoms with Gasteiger partial charge in [-0.1, -0.05) is 0 Å². The number of amides is 1. The monoisotopic (exact) mass is 413 g/mol. The first-order valence-corrected chi connectivity index (χ1v) is 10.0. The van der Waals surface area contributed by atoms with E-state index in [0.29, 0.717) is 36.7 Å². The summed E-state index contributed by atoms with van der Waals surface area (Å²) in [6, 6.07) is 10.1. The van der Waals surface area contributed by atoms with Crippen LogP contribution < -0.4 is 14.4 Å². The van der Waals surface area contributed by atoms with Crippen LogP contribution >= 0.6 is 0 Å². The Bertz CT molecular complexity index is 1070. The summed E-state index contributed by atoms with van der Waals surface area (Å²) in [4.78, 5) is 16.2. The van der Waals surface area contributed by atoms with Gasteiger partial charge in [-0.2, -0.15) is 0 Å². The number of fused-ring (bicyclic) bond motifs is 1. The Balaban J connectivity index is 1.44. The van der Waals surface area contributed by atoms with E-state index < -0.39 is 0 Å². The third kappa shape index (κ3) is 3.85. The highest BCUT2D eigenvalue weighted by atomic mass is 19.1. The van der Waals surface area contributed by atoms with Crippen LogP contribution in [0.2, 0.25) is 0 Å². The van der Waals surface area contributed by atoms with Crippen LogP contribution in [0.4, 0.5) is 4.39 Å². The van der Waals surface area contributed by atoms with Gasteiger partial charge in [0.25, 0.3) is 5.91 Å². The molecule has 1 N–H and O–H groups in total. The van der Waals surface area contributed by atoms with E-state index in [0.717, 1.165) is 35.4 Å². The molecule has 1 amide bonds. The van der Waals surface area contributed by atoms with Crippen LogP contribution in [-0.2, 0) is 6.54 Å². The smallest absolute Gasteiger partial charge is 0.290 e.